The number of amides is 1. The van der Waals surface area contributed by atoms with Crippen LogP contribution >= 0.6 is 11.6 Å². The van der Waals surface area contributed by atoms with E-state index in [1.54, 1.807) is 24.3 Å². The zero-order valence-electron chi connectivity index (χ0n) is 11.6. The van der Waals surface area contributed by atoms with Gasteiger partial charge >= 0.3 is 0 Å². The van der Waals surface area contributed by atoms with Crippen LogP contribution in [-0.2, 0) is 6.42 Å². The lowest BCUT2D eigenvalue weighted by atomic mass is 10.1. The van der Waals surface area contributed by atoms with Gasteiger partial charge in [0.2, 0.25) is 0 Å². The highest BCUT2D eigenvalue weighted by atomic mass is 35.5. The molecule has 1 amide bonds. The molecule has 0 aliphatic carbocycles. The predicted octanol–water partition coefficient (Wildman–Crippen LogP) is 3.43. The first-order valence-electron chi connectivity index (χ1n) is 6.48. The van der Waals surface area contributed by atoms with E-state index in [9.17, 15) is 9.90 Å². The second kappa shape index (κ2) is 6.99. The molecule has 0 unspecified atom stereocenters. The van der Waals surface area contributed by atoms with Crippen LogP contribution in [0.1, 0.15) is 15.9 Å². The minimum Gasteiger partial charge on any atom is -0.504 e. The molecule has 0 saturated heterocycles. The number of aromatic hydroxyl groups is 1. The average Bonchev–Trinajstić information content (AvgIpc) is 2.49. The Balaban J connectivity index is 2.14. The number of phenolic OH excluding ortho intramolecular Hbond substituents is 1. The molecule has 0 fully saturated rings. The maximum atomic E-state index is 12.2. The summed E-state index contributed by atoms with van der Waals surface area (Å²) >= 11 is 5.68. The number of rotatable bonds is 5. The van der Waals surface area contributed by atoms with Crippen molar-refractivity contribution in [2.24, 2.45) is 0 Å². The van der Waals surface area contributed by atoms with Crippen molar-refractivity contribution < 1.29 is 14.6 Å². The van der Waals surface area contributed by atoms with Crippen LogP contribution in [0.25, 0.3) is 0 Å². The minimum absolute atomic E-state index is 0.166. The number of nitrogens with one attached hydrogen (secondary N) is 1. The van der Waals surface area contributed by atoms with E-state index in [0.29, 0.717) is 11.6 Å². The molecular formula is C16H16ClNO3. The number of para-hydroxylation sites is 1. The van der Waals surface area contributed by atoms with E-state index in [2.05, 4.69) is 5.32 Å². The molecule has 2 rings (SSSR count). The highest BCUT2D eigenvalue weighted by Gasteiger charge is 2.14. The fourth-order valence-electron chi connectivity index (χ4n) is 1.93. The molecule has 0 aromatic heterocycles. The van der Waals surface area contributed by atoms with Crippen LogP contribution in [0.3, 0.4) is 0 Å². The number of methoxy groups -OCH3 is 1. The van der Waals surface area contributed by atoms with Crippen molar-refractivity contribution in [3.63, 3.8) is 0 Å². The maximum absolute atomic E-state index is 12.2. The van der Waals surface area contributed by atoms with Crippen LogP contribution in [0.4, 0.5) is 5.69 Å². The highest BCUT2D eigenvalue weighted by molar-refractivity contribution is 6.18. The topological polar surface area (TPSA) is 58.6 Å². The predicted molar refractivity (Wildman–Crippen MR) is 83.5 cm³/mol. The summed E-state index contributed by atoms with van der Waals surface area (Å²) in [6, 6.07) is 12.2. The van der Waals surface area contributed by atoms with Gasteiger partial charge in [-0.15, -0.1) is 11.6 Å². The van der Waals surface area contributed by atoms with Crippen LogP contribution in [-0.4, -0.2) is 24.0 Å². The van der Waals surface area contributed by atoms with Crippen molar-refractivity contribution in [2.75, 3.05) is 18.3 Å². The fourth-order valence-corrected chi connectivity index (χ4v) is 2.15. The van der Waals surface area contributed by atoms with Crippen molar-refractivity contribution in [1.29, 1.82) is 0 Å². The SMILES string of the molecule is COc1cccc(C(=O)Nc2ccc(CCCl)cc2)c1O. The Labute approximate surface area is 128 Å². The Bertz CT molecular complexity index is 626. The van der Waals surface area contributed by atoms with Gasteiger partial charge in [0.25, 0.3) is 5.91 Å². The number of aryl methyl sites for hydroxylation is 1. The molecule has 110 valence electrons. The van der Waals surface area contributed by atoms with E-state index in [1.165, 1.54) is 13.2 Å². The Morgan fingerprint density at radius 3 is 2.57 bits per heavy atom. The monoisotopic (exact) mass is 305 g/mol. The lowest BCUT2D eigenvalue weighted by Crippen LogP contribution is -2.12. The van der Waals surface area contributed by atoms with E-state index in [-0.39, 0.29) is 17.1 Å². The molecule has 2 aromatic rings. The first-order chi connectivity index (χ1) is 10.2. The Morgan fingerprint density at radius 1 is 1.24 bits per heavy atom. The lowest BCUT2D eigenvalue weighted by molar-refractivity contribution is 0.102. The number of phenols is 1. The summed E-state index contributed by atoms with van der Waals surface area (Å²) < 4.78 is 4.99. The van der Waals surface area contributed by atoms with Crippen LogP contribution in [0, 0.1) is 0 Å². The normalized spacial score (nSPS) is 10.2. The molecule has 0 spiro atoms. The highest BCUT2D eigenvalue weighted by Crippen LogP contribution is 2.29. The quantitative estimate of drug-likeness (QED) is 0.832. The largest absolute Gasteiger partial charge is 0.504 e. The summed E-state index contributed by atoms with van der Waals surface area (Å²) in [5.74, 6) is 0.261. The maximum Gasteiger partial charge on any atom is 0.259 e. The van der Waals surface area contributed by atoms with E-state index in [1.807, 2.05) is 12.1 Å². The molecule has 2 aromatic carbocycles. The third-order valence-electron chi connectivity index (χ3n) is 3.06. The molecular weight excluding hydrogens is 290 g/mol. The van der Waals surface area contributed by atoms with Gasteiger partial charge in [-0.3, -0.25) is 4.79 Å². The molecule has 0 aliphatic rings. The first-order valence-corrected chi connectivity index (χ1v) is 7.01. The summed E-state index contributed by atoms with van der Waals surface area (Å²) in [5, 5.41) is 12.7. The van der Waals surface area contributed by atoms with Gasteiger partial charge in [-0.1, -0.05) is 18.2 Å². The zero-order chi connectivity index (χ0) is 15.2. The molecule has 0 heterocycles. The van der Waals surface area contributed by atoms with Gasteiger partial charge < -0.3 is 15.2 Å². The van der Waals surface area contributed by atoms with E-state index in [4.69, 9.17) is 16.3 Å². The van der Waals surface area contributed by atoms with E-state index >= 15 is 0 Å². The second-order valence-electron chi connectivity index (χ2n) is 4.45. The van der Waals surface area contributed by atoms with Crippen molar-refractivity contribution in [3.05, 3.63) is 53.6 Å². The van der Waals surface area contributed by atoms with Crippen LogP contribution in [0.2, 0.25) is 0 Å². The summed E-state index contributed by atoms with van der Waals surface area (Å²) in [6.07, 6.45) is 0.784. The summed E-state index contributed by atoms with van der Waals surface area (Å²) in [5.41, 5.74) is 1.92. The van der Waals surface area contributed by atoms with Gasteiger partial charge in [0.15, 0.2) is 11.5 Å². The number of halogens is 1. The molecule has 0 saturated carbocycles. The zero-order valence-corrected chi connectivity index (χ0v) is 12.4. The Morgan fingerprint density at radius 2 is 1.95 bits per heavy atom. The van der Waals surface area contributed by atoms with E-state index in [0.717, 1.165) is 12.0 Å². The van der Waals surface area contributed by atoms with Crippen LogP contribution < -0.4 is 10.1 Å². The van der Waals surface area contributed by atoms with Gasteiger partial charge in [0, 0.05) is 11.6 Å². The molecule has 0 aliphatic heterocycles. The van der Waals surface area contributed by atoms with Crippen LogP contribution in [0.5, 0.6) is 11.5 Å². The first kappa shape index (κ1) is 15.2. The number of hydrogen-bond acceptors (Lipinski definition) is 3. The summed E-state index contributed by atoms with van der Waals surface area (Å²) in [7, 11) is 1.44. The van der Waals surface area contributed by atoms with Gasteiger partial charge in [0.05, 0.1) is 12.7 Å². The second-order valence-corrected chi connectivity index (χ2v) is 4.82. The smallest absolute Gasteiger partial charge is 0.259 e. The Hall–Kier alpha value is -2.20. The number of anilines is 1. The number of hydrogen-bond donors (Lipinski definition) is 2. The fraction of sp³-hybridized carbons (Fsp3) is 0.188. The summed E-state index contributed by atoms with van der Waals surface area (Å²) in [4.78, 5) is 12.2. The van der Waals surface area contributed by atoms with Gasteiger partial charge in [-0.2, -0.15) is 0 Å². The lowest BCUT2D eigenvalue weighted by Gasteiger charge is -2.10. The number of alkyl halides is 1. The molecule has 0 bridgehead atoms. The third kappa shape index (κ3) is 3.67. The molecule has 2 N–H and O–H groups in total. The van der Waals surface area contributed by atoms with Crippen molar-refractivity contribution in [1.82, 2.24) is 0 Å². The minimum atomic E-state index is -0.392. The molecule has 0 atom stereocenters. The molecule has 21 heavy (non-hydrogen) atoms. The Kier molecular flexibility index (Phi) is 5.06. The molecule has 4 nitrogen and oxygen atoms in total. The van der Waals surface area contributed by atoms with E-state index < -0.39 is 5.91 Å². The van der Waals surface area contributed by atoms with Gasteiger partial charge in [0.1, 0.15) is 0 Å². The number of carbonyl (C=O) groups excluding carboxylic acids is 1. The third-order valence-corrected chi connectivity index (χ3v) is 3.25. The van der Waals surface area contributed by atoms with Crippen molar-refractivity contribution in [3.8, 4) is 11.5 Å². The summed E-state index contributed by atoms with van der Waals surface area (Å²) in [6.45, 7) is 0. The standard InChI is InChI=1S/C16H16ClNO3/c1-21-14-4-2-3-13(15(14)19)16(20)18-12-7-5-11(6-8-12)9-10-17/h2-8,19H,9-10H2,1H3,(H,18,20). The molecule has 5 heteroatoms. The number of ether oxygens (including phenoxy) is 1. The van der Waals surface area contributed by atoms with Crippen molar-refractivity contribution in [2.45, 2.75) is 6.42 Å². The van der Waals surface area contributed by atoms with Crippen LogP contribution in [0.15, 0.2) is 42.5 Å². The van der Waals surface area contributed by atoms with Gasteiger partial charge in [-0.05, 0) is 36.2 Å². The van der Waals surface area contributed by atoms with Gasteiger partial charge in [-0.25, -0.2) is 0 Å². The van der Waals surface area contributed by atoms with Crippen molar-refractivity contribution >= 4 is 23.2 Å². The number of benzene rings is 2. The molecule has 0 radical (unpaired) electrons. The average molecular weight is 306 g/mol. The number of carbonyl (C=O) groups is 1.